The van der Waals surface area contributed by atoms with Gasteiger partial charge in [-0.3, -0.25) is 14.6 Å². The Labute approximate surface area is 123 Å². The van der Waals surface area contributed by atoms with Gasteiger partial charge in [-0.25, -0.2) is 4.79 Å². The first-order chi connectivity index (χ1) is 9.50. The number of hydrogen-bond donors (Lipinski definition) is 1. The lowest BCUT2D eigenvalue weighted by Gasteiger charge is -2.26. The number of imide groups is 1. The summed E-state index contributed by atoms with van der Waals surface area (Å²) in [5.74, 6) is -0.186. The lowest BCUT2D eigenvalue weighted by atomic mass is 10.2. The lowest BCUT2D eigenvalue weighted by molar-refractivity contribution is -0.132. The molecule has 1 aliphatic heterocycles. The summed E-state index contributed by atoms with van der Waals surface area (Å²) in [5.41, 5.74) is 0.960. The van der Waals surface area contributed by atoms with Crippen molar-refractivity contribution in [2.24, 2.45) is 0 Å². The topological polar surface area (TPSA) is 52.7 Å². The van der Waals surface area contributed by atoms with Crippen molar-refractivity contribution >= 4 is 23.5 Å². The van der Waals surface area contributed by atoms with Crippen molar-refractivity contribution in [3.05, 3.63) is 34.9 Å². The molecule has 1 N–H and O–H groups in total. The average Bonchev–Trinajstić information content (AvgIpc) is 2.86. The Bertz CT molecular complexity index is 521. The van der Waals surface area contributed by atoms with Gasteiger partial charge < -0.3 is 5.32 Å². The lowest BCUT2D eigenvalue weighted by Crippen LogP contribution is -2.46. The van der Waals surface area contributed by atoms with Crippen LogP contribution in [0.15, 0.2) is 24.3 Å². The highest BCUT2D eigenvalue weighted by molar-refractivity contribution is 6.31. The van der Waals surface area contributed by atoms with E-state index in [1.54, 1.807) is 6.92 Å². The van der Waals surface area contributed by atoms with E-state index < -0.39 is 0 Å². The number of carbonyl (C=O) groups excluding carboxylic acids is 2. The Morgan fingerprint density at radius 2 is 2.20 bits per heavy atom. The van der Waals surface area contributed by atoms with Crippen molar-refractivity contribution in [2.45, 2.75) is 19.5 Å². The fourth-order valence-corrected chi connectivity index (χ4v) is 2.32. The van der Waals surface area contributed by atoms with Gasteiger partial charge in [0.2, 0.25) is 5.91 Å². The predicted molar refractivity (Wildman–Crippen MR) is 77.5 cm³/mol. The number of likely N-dealkylation sites (N-methyl/N-ethyl adjacent to an activating group) is 1. The molecule has 0 radical (unpaired) electrons. The molecule has 1 aromatic carbocycles. The van der Waals surface area contributed by atoms with Crippen LogP contribution in [0.5, 0.6) is 0 Å². The van der Waals surface area contributed by atoms with Crippen LogP contribution in [0.1, 0.15) is 12.5 Å². The molecule has 0 saturated carbocycles. The minimum absolute atomic E-state index is 0.186. The molecule has 20 heavy (non-hydrogen) atoms. The molecule has 0 aromatic heterocycles. The average molecular weight is 296 g/mol. The molecule has 1 aliphatic rings. The first-order valence-corrected chi connectivity index (χ1v) is 6.91. The number of urea groups is 1. The number of nitrogens with zero attached hydrogens (tertiary/aromatic N) is 2. The largest absolute Gasteiger partial charge is 0.336 e. The molecule has 0 bridgehead atoms. The fourth-order valence-electron chi connectivity index (χ4n) is 2.13. The summed E-state index contributed by atoms with van der Waals surface area (Å²) < 4.78 is 0. The zero-order valence-corrected chi connectivity index (χ0v) is 12.4. The van der Waals surface area contributed by atoms with E-state index in [9.17, 15) is 9.59 Å². The quantitative estimate of drug-likeness (QED) is 0.920. The van der Waals surface area contributed by atoms with Gasteiger partial charge in [0.15, 0.2) is 0 Å². The number of rotatable bonds is 4. The summed E-state index contributed by atoms with van der Waals surface area (Å²) in [6.07, 6.45) is 0. The van der Waals surface area contributed by atoms with Crippen LogP contribution in [0, 0.1) is 0 Å². The molecule has 3 amide bonds. The second-order valence-electron chi connectivity index (χ2n) is 4.90. The maximum atomic E-state index is 12.3. The van der Waals surface area contributed by atoms with E-state index >= 15 is 0 Å². The summed E-state index contributed by atoms with van der Waals surface area (Å²) in [6.45, 7) is 3.31. The third kappa shape index (κ3) is 3.11. The smallest absolute Gasteiger partial charge is 0.324 e. The Morgan fingerprint density at radius 3 is 2.80 bits per heavy atom. The first-order valence-electron chi connectivity index (χ1n) is 6.53. The summed E-state index contributed by atoms with van der Waals surface area (Å²) in [4.78, 5) is 26.9. The van der Waals surface area contributed by atoms with Crippen molar-refractivity contribution < 1.29 is 9.59 Å². The van der Waals surface area contributed by atoms with E-state index in [0.717, 1.165) is 5.56 Å². The fraction of sp³-hybridized carbons (Fsp3) is 0.429. The minimum Gasteiger partial charge on any atom is -0.336 e. The highest BCUT2D eigenvalue weighted by Gasteiger charge is 2.31. The van der Waals surface area contributed by atoms with Crippen molar-refractivity contribution in [3.8, 4) is 0 Å². The van der Waals surface area contributed by atoms with Gasteiger partial charge in [0.25, 0.3) is 0 Å². The standard InChI is InChI=1S/C14H18ClN3O2/c1-10(13(19)18-8-7-16-14(18)20)17(2)9-11-5-3-4-6-12(11)15/h3-6,10H,7-9H2,1-2H3,(H,16,20). The molecule has 108 valence electrons. The molecule has 0 spiro atoms. The highest BCUT2D eigenvalue weighted by Crippen LogP contribution is 2.18. The van der Waals surface area contributed by atoms with Gasteiger partial charge in [0, 0.05) is 24.7 Å². The number of nitrogens with one attached hydrogen (secondary N) is 1. The van der Waals surface area contributed by atoms with Crippen LogP contribution in [0.2, 0.25) is 5.02 Å². The Hall–Kier alpha value is -1.59. The molecule has 1 saturated heterocycles. The third-order valence-corrected chi connectivity index (χ3v) is 3.89. The summed E-state index contributed by atoms with van der Waals surface area (Å²) >= 11 is 6.12. The molecule has 1 atom stereocenters. The molecule has 1 aromatic rings. The number of hydrogen-bond acceptors (Lipinski definition) is 3. The van der Waals surface area contributed by atoms with Crippen molar-refractivity contribution in [1.29, 1.82) is 0 Å². The maximum Gasteiger partial charge on any atom is 0.324 e. The molecule has 1 fully saturated rings. The number of amides is 3. The molecular weight excluding hydrogens is 278 g/mol. The molecular formula is C14H18ClN3O2. The van der Waals surface area contributed by atoms with Gasteiger partial charge in [-0.15, -0.1) is 0 Å². The second-order valence-corrected chi connectivity index (χ2v) is 5.31. The summed E-state index contributed by atoms with van der Waals surface area (Å²) in [5, 5.41) is 3.31. The summed E-state index contributed by atoms with van der Waals surface area (Å²) in [7, 11) is 1.85. The van der Waals surface area contributed by atoms with E-state index in [1.165, 1.54) is 4.90 Å². The minimum atomic E-state index is -0.380. The zero-order valence-electron chi connectivity index (χ0n) is 11.6. The van der Waals surface area contributed by atoms with Gasteiger partial charge in [-0.2, -0.15) is 0 Å². The van der Waals surface area contributed by atoms with Crippen LogP contribution >= 0.6 is 11.6 Å². The molecule has 6 heteroatoms. The van der Waals surface area contributed by atoms with Crippen LogP contribution in [0.4, 0.5) is 4.79 Å². The third-order valence-electron chi connectivity index (χ3n) is 3.52. The van der Waals surface area contributed by atoms with Crippen molar-refractivity contribution in [2.75, 3.05) is 20.1 Å². The van der Waals surface area contributed by atoms with E-state index in [1.807, 2.05) is 36.2 Å². The highest BCUT2D eigenvalue weighted by atomic mass is 35.5. The number of benzene rings is 1. The monoisotopic (exact) mass is 295 g/mol. The zero-order chi connectivity index (χ0) is 14.7. The SMILES string of the molecule is CC(C(=O)N1CCNC1=O)N(C)Cc1ccccc1Cl. The van der Waals surface area contributed by atoms with E-state index in [4.69, 9.17) is 11.6 Å². The Kier molecular flexibility index (Phi) is 4.62. The first kappa shape index (κ1) is 14.8. The van der Waals surface area contributed by atoms with E-state index in [2.05, 4.69) is 5.32 Å². The van der Waals surface area contributed by atoms with Crippen molar-refractivity contribution in [1.82, 2.24) is 15.1 Å². The Morgan fingerprint density at radius 1 is 1.50 bits per heavy atom. The van der Waals surface area contributed by atoms with Gasteiger partial charge >= 0.3 is 6.03 Å². The second kappa shape index (κ2) is 6.24. The van der Waals surface area contributed by atoms with Crippen LogP contribution in [-0.2, 0) is 11.3 Å². The molecule has 1 heterocycles. The van der Waals surface area contributed by atoms with Gasteiger partial charge in [-0.1, -0.05) is 29.8 Å². The van der Waals surface area contributed by atoms with E-state index in [-0.39, 0.29) is 18.0 Å². The number of carbonyl (C=O) groups is 2. The molecule has 0 aliphatic carbocycles. The van der Waals surface area contributed by atoms with Crippen LogP contribution < -0.4 is 5.32 Å². The number of halogens is 1. The van der Waals surface area contributed by atoms with Gasteiger partial charge in [0.05, 0.1) is 6.04 Å². The van der Waals surface area contributed by atoms with Crippen LogP contribution in [0.25, 0.3) is 0 Å². The normalized spacial score (nSPS) is 16.4. The molecule has 1 unspecified atom stereocenters. The van der Waals surface area contributed by atoms with Gasteiger partial charge in [0.1, 0.15) is 0 Å². The van der Waals surface area contributed by atoms with Crippen molar-refractivity contribution in [3.63, 3.8) is 0 Å². The van der Waals surface area contributed by atoms with Crippen LogP contribution in [-0.4, -0.2) is 47.9 Å². The Balaban J connectivity index is 2.01. The summed E-state index contributed by atoms with van der Waals surface area (Å²) in [6, 6.07) is 6.84. The molecule has 5 nitrogen and oxygen atoms in total. The van der Waals surface area contributed by atoms with Crippen LogP contribution in [0.3, 0.4) is 0 Å². The molecule has 2 rings (SSSR count). The van der Waals surface area contributed by atoms with Gasteiger partial charge in [-0.05, 0) is 25.6 Å². The predicted octanol–water partition coefficient (Wildman–Crippen LogP) is 1.71. The van der Waals surface area contributed by atoms with E-state index in [0.29, 0.717) is 24.7 Å². The maximum absolute atomic E-state index is 12.3.